The highest BCUT2D eigenvalue weighted by atomic mass is 79.9. The molecule has 116 valence electrons. The molecule has 0 aromatic heterocycles. The van der Waals surface area contributed by atoms with Crippen LogP contribution in [-0.2, 0) is 13.1 Å². The average Bonchev–Trinajstić information content (AvgIpc) is 2.48. The normalized spacial score (nSPS) is 10.8. The Morgan fingerprint density at radius 2 is 1.86 bits per heavy atom. The molecule has 0 saturated heterocycles. The summed E-state index contributed by atoms with van der Waals surface area (Å²) < 4.78 is 0.829. The number of benzene rings is 2. The molecule has 22 heavy (non-hydrogen) atoms. The van der Waals surface area contributed by atoms with Crippen LogP contribution in [-0.4, -0.2) is 24.9 Å². The highest BCUT2D eigenvalue weighted by Gasteiger charge is 2.11. The van der Waals surface area contributed by atoms with Gasteiger partial charge in [0.15, 0.2) is 0 Å². The van der Waals surface area contributed by atoms with Crippen molar-refractivity contribution in [2.24, 2.45) is 0 Å². The summed E-state index contributed by atoms with van der Waals surface area (Å²) in [5.74, 6) is -0.175. The Bertz CT molecular complexity index is 673. The Labute approximate surface area is 144 Å². The molecular weight excluding hydrogens is 364 g/mol. The maximum atomic E-state index is 12.3. The van der Waals surface area contributed by atoms with E-state index in [1.807, 2.05) is 38.4 Å². The molecule has 0 fully saturated rings. The monoisotopic (exact) mass is 380 g/mol. The Morgan fingerprint density at radius 3 is 2.55 bits per heavy atom. The van der Waals surface area contributed by atoms with Crippen LogP contribution in [0.15, 0.2) is 46.9 Å². The Kier molecular flexibility index (Phi) is 6.00. The number of hydrogen-bond donors (Lipinski definition) is 1. The molecule has 0 spiro atoms. The maximum absolute atomic E-state index is 12.3. The van der Waals surface area contributed by atoms with Gasteiger partial charge in [-0.15, -0.1) is 0 Å². The number of amides is 1. The lowest BCUT2D eigenvalue weighted by atomic mass is 10.1. The number of halogens is 2. The van der Waals surface area contributed by atoms with Crippen molar-refractivity contribution in [3.05, 3.63) is 68.7 Å². The van der Waals surface area contributed by atoms with E-state index in [2.05, 4.69) is 32.2 Å². The van der Waals surface area contributed by atoms with Crippen LogP contribution in [0.25, 0.3) is 0 Å². The molecule has 0 radical (unpaired) electrons. The Balaban J connectivity index is 2.10. The first kappa shape index (κ1) is 17.0. The molecule has 0 aliphatic carbocycles. The average molecular weight is 382 g/mol. The standard InChI is InChI=1S/C17H18BrClN2O/c1-21(2)11-13-6-4-3-5-12(13)10-20-17(22)15-9-14(18)7-8-16(15)19/h3-9H,10-11H2,1-2H3,(H,20,22). The van der Waals surface area contributed by atoms with Gasteiger partial charge < -0.3 is 10.2 Å². The number of nitrogens with one attached hydrogen (secondary N) is 1. The van der Waals surface area contributed by atoms with E-state index in [-0.39, 0.29) is 5.91 Å². The first-order valence-electron chi connectivity index (χ1n) is 6.92. The lowest BCUT2D eigenvalue weighted by Crippen LogP contribution is -2.24. The maximum Gasteiger partial charge on any atom is 0.253 e. The largest absolute Gasteiger partial charge is 0.348 e. The van der Waals surface area contributed by atoms with Gasteiger partial charge in [0.05, 0.1) is 10.6 Å². The lowest BCUT2D eigenvalue weighted by Gasteiger charge is -2.15. The molecule has 2 aromatic rings. The molecule has 2 aromatic carbocycles. The fourth-order valence-corrected chi connectivity index (χ4v) is 2.73. The van der Waals surface area contributed by atoms with Gasteiger partial charge >= 0.3 is 0 Å². The van der Waals surface area contributed by atoms with Crippen molar-refractivity contribution in [3.8, 4) is 0 Å². The molecule has 1 N–H and O–H groups in total. The first-order chi connectivity index (χ1) is 10.5. The fraction of sp³-hybridized carbons (Fsp3) is 0.235. The third kappa shape index (κ3) is 4.57. The van der Waals surface area contributed by atoms with Gasteiger partial charge in [0.2, 0.25) is 0 Å². The van der Waals surface area contributed by atoms with Crippen LogP contribution in [0.2, 0.25) is 5.02 Å². The molecule has 0 unspecified atom stereocenters. The number of rotatable bonds is 5. The third-order valence-corrected chi connectivity index (χ3v) is 4.04. The molecule has 0 heterocycles. The summed E-state index contributed by atoms with van der Waals surface area (Å²) in [6.07, 6.45) is 0. The highest BCUT2D eigenvalue weighted by Crippen LogP contribution is 2.21. The van der Waals surface area contributed by atoms with Gasteiger partial charge in [-0.05, 0) is 43.4 Å². The van der Waals surface area contributed by atoms with Gasteiger partial charge in [-0.3, -0.25) is 4.79 Å². The van der Waals surface area contributed by atoms with Crippen molar-refractivity contribution in [3.63, 3.8) is 0 Å². The lowest BCUT2D eigenvalue weighted by molar-refractivity contribution is 0.0951. The zero-order chi connectivity index (χ0) is 16.1. The fourth-order valence-electron chi connectivity index (χ4n) is 2.17. The highest BCUT2D eigenvalue weighted by molar-refractivity contribution is 9.10. The molecule has 1 amide bonds. The van der Waals surface area contributed by atoms with Crippen molar-refractivity contribution in [1.82, 2.24) is 10.2 Å². The van der Waals surface area contributed by atoms with Crippen LogP contribution in [0.1, 0.15) is 21.5 Å². The minimum atomic E-state index is -0.175. The van der Waals surface area contributed by atoms with Crippen molar-refractivity contribution < 1.29 is 4.79 Å². The summed E-state index contributed by atoms with van der Waals surface area (Å²) in [5, 5.41) is 3.38. The van der Waals surface area contributed by atoms with Gasteiger partial charge in [0.25, 0.3) is 5.91 Å². The van der Waals surface area contributed by atoms with Gasteiger partial charge in [-0.2, -0.15) is 0 Å². The summed E-state index contributed by atoms with van der Waals surface area (Å²) in [4.78, 5) is 14.4. The van der Waals surface area contributed by atoms with Gasteiger partial charge in [0, 0.05) is 17.6 Å². The van der Waals surface area contributed by atoms with Crippen molar-refractivity contribution in [1.29, 1.82) is 0 Å². The van der Waals surface area contributed by atoms with E-state index in [1.54, 1.807) is 12.1 Å². The number of nitrogens with zero attached hydrogens (tertiary/aromatic N) is 1. The van der Waals surface area contributed by atoms with Crippen molar-refractivity contribution in [2.45, 2.75) is 13.1 Å². The second-order valence-corrected chi connectivity index (χ2v) is 6.64. The van der Waals surface area contributed by atoms with Crippen LogP contribution in [0.5, 0.6) is 0 Å². The number of carbonyl (C=O) groups is 1. The molecule has 0 saturated carbocycles. The Morgan fingerprint density at radius 1 is 1.18 bits per heavy atom. The van der Waals surface area contributed by atoms with Crippen molar-refractivity contribution in [2.75, 3.05) is 14.1 Å². The summed E-state index contributed by atoms with van der Waals surface area (Å²) in [5.41, 5.74) is 2.78. The topological polar surface area (TPSA) is 32.3 Å². The molecule has 3 nitrogen and oxygen atoms in total. The van der Waals surface area contributed by atoms with Crippen LogP contribution < -0.4 is 5.32 Å². The molecule has 2 rings (SSSR count). The van der Waals surface area contributed by atoms with Crippen LogP contribution in [0.3, 0.4) is 0 Å². The molecule has 0 aliphatic rings. The number of hydrogen-bond acceptors (Lipinski definition) is 2. The van der Waals surface area contributed by atoms with Crippen molar-refractivity contribution >= 4 is 33.4 Å². The van der Waals surface area contributed by atoms with Gasteiger partial charge in [0.1, 0.15) is 0 Å². The quantitative estimate of drug-likeness (QED) is 0.846. The third-order valence-electron chi connectivity index (χ3n) is 3.22. The predicted octanol–water partition coefficient (Wildman–Crippen LogP) is 4.09. The zero-order valence-corrected chi connectivity index (χ0v) is 14.9. The molecule has 0 bridgehead atoms. The summed E-state index contributed by atoms with van der Waals surface area (Å²) in [6, 6.07) is 13.3. The molecule has 0 atom stereocenters. The summed E-state index contributed by atoms with van der Waals surface area (Å²) in [7, 11) is 4.05. The first-order valence-corrected chi connectivity index (χ1v) is 8.09. The summed E-state index contributed by atoms with van der Waals surface area (Å²) >= 11 is 9.44. The smallest absolute Gasteiger partial charge is 0.253 e. The zero-order valence-electron chi connectivity index (χ0n) is 12.6. The predicted molar refractivity (Wildman–Crippen MR) is 94.2 cm³/mol. The van der Waals surface area contributed by atoms with Crippen LogP contribution in [0, 0.1) is 0 Å². The van der Waals surface area contributed by atoms with Crippen LogP contribution >= 0.6 is 27.5 Å². The molecule has 5 heteroatoms. The van der Waals surface area contributed by atoms with E-state index in [4.69, 9.17) is 11.6 Å². The summed E-state index contributed by atoms with van der Waals surface area (Å²) in [6.45, 7) is 1.31. The number of carbonyl (C=O) groups excluding carboxylic acids is 1. The molecular formula is C17H18BrClN2O. The van der Waals surface area contributed by atoms with E-state index in [0.29, 0.717) is 17.1 Å². The van der Waals surface area contributed by atoms with Gasteiger partial charge in [-0.1, -0.05) is 51.8 Å². The van der Waals surface area contributed by atoms with Gasteiger partial charge in [-0.25, -0.2) is 0 Å². The van der Waals surface area contributed by atoms with E-state index in [9.17, 15) is 4.79 Å². The SMILES string of the molecule is CN(C)Cc1ccccc1CNC(=O)c1cc(Br)ccc1Cl. The molecule has 0 aliphatic heterocycles. The van der Waals surface area contributed by atoms with Crippen LogP contribution in [0.4, 0.5) is 0 Å². The second kappa shape index (κ2) is 7.77. The second-order valence-electron chi connectivity index (χ2n) is 5.31. The minimum absolute atomic E-state index is 0.175. The van der Waals surface area contributed by atoms with E-state index >= 15 is 0 Å². The van der Waals surface area contributed by atoms with E-state index in [1.165, 1.54) is 5.56 Å². The Hall–Kier alpha value is -1.36. The van der Waals surface area contributed by atoms with E-state index < -0.39 is 0 Å². The minimum Gasteiger partial charge on any atom is -0.348 e. The van der Waals surface area contributed by atoms with E-state index in [0.717, 1.165) is 16.6 Å².